The van der Waals surface area contributed by atoms with Crippen LogP contribution in [-0.2, 0) is 11.3 Å². The lowest BCUT2D eigenvalue weighted by atomic mass is 10.1. The van der Waals surface area contributed by atoms with Gasteiger partial charge in [-0.3, -0.25) is 0 Å². The van der Waals surface area contributed by atoms with Crippen molar-refractivity contribution in [1.29, 1.82) is 0 Å². The monoisotopic (exact) mass is 194 g/mol. The van der Waals surface area contributed by atoms with Crippen molar-refractivity contribution in [2.24, 2.45) is 5.16 Å². The molecule has 0 aromatic heterocycles. The minimum atomic E-state index is -0.228. The van der Waals surface area contributed by atoms with Gasteiger partial charge in [-0.25, -0.2) is 4.39 Å². The third-order valence-corrected chi connectivity index (χ3v) is 1.83. The van der Waals surface area contributed by atoms with E-state index in [4.69, 9.17) is 0 Å². The summed E-state index contributed by atoms with van der Waals surface area (Å²) in [4.78, 5) is 4.66. The van der Waals surface area contributed by atoms with Gasteiger partial charge in [0.25, 0.3) is 0 Å². The highest BCUT2D eigenvalue weighted by atomic mass is 19.1. The maximum absolute atomic E-state index is 12.6. The van der Waals surface area contributed by atoms with E-state index in [0.717, 1.165) is 11.3 Å². The number of oxime groups is 1. The summed E-state index contributed by atoms with van der Waals surface area (Å²) in [6.07, 6.45) is 1.24. The van der Waals surface area contributed by atoms with Gasteiger partial charge in [0, 0.05) is 6.42 Å². The van der Waals surface area contributed by atoms with Crippen molar-refractivity contribution in [3.8, 4) is 0 Å². The standard InChI is InChI=1S/C11H13FNO/c1-3-11(13-14-2)8-9-4-6-10(12)7-5-9/h4-7H,1,3,8H2,2H3. The normalized spacial score (nSPS) is 11.5. The predicted molar refractivity (Wildman–Crippen MR) is 54.5 cm³/mol. The molecule has 0 N–H and O–H groups in total. The SMILES string of the molecule is [CH2]CC(Cc1ccc(F)cc1)=NOC. The first-order valence-electron chi connectivity index (χ1n) is 4.39. The highest BCUT2D eigenvalue weighted by Crippen LogP contribution is 2.05. The van der Waals surface area contributed by atoms with Crippen LogP contribution in [0.15, 0.2) is 29.4 Å². The van der Waals surface area contributed by atoms with E-state index in [-0.39, 0.29) is 5.82 Å². The van der Waals surface area contributed by atoms with Crippen LogP contribution < -0.4 is 0 Å². The van der Waals surface area contributed by atoms with E-state index in [9.17, 15) is 4.39 Å². The van der Waals surface area contributed by atoms with E-state index < -0.39 is 0 Å². The molecule has 0 aliphatic heterocycles. The van der Waals surface area contributed by atoms with Crippen LogP contribution in [0.4, 0.5) is 4.39 Å². The van der Waals surface area contributed by atoms with E-state index in [0.29, 0.717) is 12.8 Å². The first-order chi connectivity index (χ1) is 6.76. The third-order valence-electron chi connectivity index (χ3n) is 1.83. The second kappa shape index (κ2) is 5.37. The zero-order valence-electron chi connectivity index (χ0n) is 8.16. The number of rotatable bonds is 4. The van der Waals surface area contributed by atoms with Gasteiger partial charge in [0.2, 0.25) is 0 Å². The zero-order valence-corrected chi connectivity index (χ0v) is 8.16. The summed E-state index contributed by atoms with van der Waals surface area (Å²) >= 11 is 0. The molecule has 0 unspecified atom stereocenters. The molecule has 75 valence electrons. The fraction of sp³-hybridized carbons (Fsp3) is 0.273. The molecule has 0 heterocycles. The van der Waals surface area contributed by atoms with Crippen molar-refractivity contribution < 1.29 is 9.23 Å². The maximum atomic E-state index is 12.6. The van der Waals surface area contributed by atoms with Crippen LogP contribution in [0, 0.1) is 12.7 Å². The Morgan fingerprint density at radius 1 is 1.43 bits per heavy atom. The number of hydrogen-bond acceptors (Lipinski definition) is 2. The molecular formula is C11H13FNO. The molecule has 14 heavy (non-hydrogen) atoms. The summed E-state index contributed by atoms with van der Waals surface area (Å²) in [5, 5.41) is 3.82. The molecule has 0 fully saturated rings. The minimum Gasteiger partial charge on any atom is -0.399 e. The summed E-state index contributed by atoms with van der Waals surface area (Å²) in [5.41, 5.74) is 1.85. The Balaban J connectivity index is 2.67. The van der Waals surface area contributed by atoms with Gasteiger partial charge in [-0.05, 0) is 31.0 Å². The second-order valence-electron chi connectivity index (χ2n) is 2.89. The summed E-state index contributed by atoms with van der Waals surface area (Å²) in [6, 6.07) is 6.33. The topological polar surface area (TPSA) is 21.6 Å². The van der Waals surface area contributed by atoms with Crippen molar-refractivity contribution in [2.75, 3.05) is 7.11 Å². The van der Waals surface area contributed by atoms with Gasteiger partial charge in [0.05, 0.1) is 5.71 Å². The predicted octanol–water partition coefficient (Wildman–Crippen LogP) is 2.59. The largest absolute Gasteiger partial charge is 0.399 e. The zero-order chi connectivity index (χ0) is 10.4. The van der Waals surface area contributed by atoms with E-state index >= 15 is 0 Å². The maximum Gasteiger partial charge on any atom is 0.123 e. The average Bonchev–Trinajstić information content (AvgIpc) is 2.20. The lowest BCUT2D eigenvalue weighted by molar-refractivity contribution is 0.212. The van der Waals surface area contributed by atoms with E-state index in [1.165, 1.54) is 19.2 Å². The van der Waals surface area contributed by atoms with E-state index in [1.807, 2.05) is 0 Å². The molecule has 0 saturated carbocycles. The highest BCUT2D eigenvalue weighted by Gasteiger charge is 2.00. The average molecular weight is 194 g/mol. The van der Waals surface area contributed by atoms with Crippen LogP contribution in [0.5, 0.6) is 0 Å². The van der Waals surface area contributed by atoms with Crippen molar-refractivity contribution in [1.82, 2.24) is 0 Å². The van der Waals surface area contributed by atoms with Crippen LogP contribution in [0.1, 0.15) is 12.0 Å². The Morgan fingerprint density at radius 3 is 2.57 bits per heavy atom. The van der Waals surface area contributed by atoms with Crippen LogP contribution in [0.25, 0.3) is 0 Å². The van der Waals surface area contributed by atoms with Gasteiger partial charge in [0.1, 0.15) is 12.9 Å². The molecule has 0 bridgehead atoms. The number of nitrogens with zero attached hydrogens (tertiary/aromatic N) is 1. The Hall–Kier alpha value is -1.38. The minimum absolute atomic E-state index is 0.228. The first-order valence-corrected chi connectivity index (χ1v) is 4.39. The Bertz CT molecular complexity index is 306. The van der Waals surface area contributed by atoms with Gasteiger partial charge < -0.3 is 4.84 Å². The van der Waals surface area contributed by atoms with E-state index in [2.05, 4.69) is 16.9 Å². The Kier molecular flexibility index (Phi) is 4.11. The first kappa shape index (κ1) is 10.7. The summed E-state index contributed by atoms with van der Waals surface area (Å²) < 4.78 is 12.6. The van der Waals surface area contributed by atoms with Crippen molar-refractivity contribution in [3.63, 3.8) is 0 Å². The molecule has 0 saturated heterocycles. The number of halogens is 1. The summed E-state index contributed by atoms with van der Waals surface area (Å²) in [7, 11) is 1.50. The molecule has 0 spiro atoms. The third kappa shape index (κ3) is 3.17. The molecule has 1 aromatic rings. The summed E-state index contributed by atoms with van der Waals surface area (Å²) in [5.74, 6) is -0.228. The van der Waals surface area contributed by atoms with Gasteiger partial charge in [-0.1, -0.05) is 17.3 Å². The number of hydrogen-bond donors (Lipinski definition) is 0. The summed E-state index contributed by atoms with van der Waals surface area (Å²) in [6.45, 7) is 3.73. The van der Waals surface area contributed by atoms with Gasteiger partial charge in [-0.2, -0.15) is 0 Å². The molecular weight excluding hydrogens is 181 g/mol. The van der Waals surface area contributed by atoms with E-state index in [1.54, 1.807) is 12.1 Å². The molecule has 0 aliphatic rings. The van der Waals surface area contributed by atoms with Crippen LogP contribution in [0.3, 0.4) is 0 Å². The molecule has 0 atom stereocenters. The molecule has 1 aromatic carbocycles. The highest BCUT2D eigenvalue weighted by molar-refractivity contribution is 5.86. The van der Waals surface area contributed by atoms with Gasteiger partial charge in [-0.15, -0.1) is 0 Å². The molecule has 1 rings (SSSR count). The van der Waals surface area contributed by atoms with Gasteiger partial charge >= 0.3 is 0 Å². The van der Waals surface area contributed by atoms with Crippen molar-refractivity contribution in [2.45, 2.75) is 12.8 Å². The Labute approximate surface area is 83.4 Å². The lowest BCUT2D eigenvalue weighted by Gasteiger charge is -2.02. The van der Waals surface area contributed by atoms with Gasteiger partial charge in [0.15, 0.2) is 0 Å². The molecule has 3 heteroatoms. The second-order valence-corrected chi connectivity index (χ2v) is 2.89. The smallest absolute Gasteiger partial charge is 0.123 e. The fourth-order valence-electron chi connectivity index (χ4n) is 1.13. The van der Waals surface area contributed by atoms with Crippen LogP contribution in [0.2, 0.25) is 0 Å². The van der Waals surface area contributed by atoms with Crippen LogP contribution in [-0.4, -0.2) is 12.8 Å². The lowest BCUT2D eigenvalue weighted by Crippen LogP contribution is -2.02. The molecule has 1 radical (unpaired) electrons. The van der Waals surface area contributed by atoms with Crippen LogP contribution >= 0.6 is 0 Å². The molecule has 0 amide bonds. The molecule has 2 nitrogen and oxygen atoms in total. The van der Waals surface area contributed by atoms with Crippen molar-refractivity contribution >= 4 is 5.71 Å². The van der Waals surface area contributed by atoms with Crippen molar-refractivity contribution in [3.05, 3.63) is 42.6 Å². The molecule has 0 aliphatic carbocycles. The number of benzene rings is 1. The Morgan fingerprint density at radius 2 is 2.07 bits per heavy atom. The quantitative estimate of drug-likeness (QED) is 0.533. The fourth-order valence-corrected chi connectivity index (χ4v) is 1.13.